The fourth-order valence-electron chi connectivity index (χ4n) is 3.34. The molecule has 0 aliphatic heterocycles. The average Bonchev–Trinajstić information content (AvgIpc) is 2.58. The third-order valence-corrected chi connectivity index (χ3v) is 4.17. The quantitative estimate of drug-likeness (QED) is 0.605. The van der Waals surface area contributed by atoms with E-state index in [9.17, 15) is 0 Å². The Morgan fingerprint density at radius 2 is 2.18 bits per heavy atom. The van der Waals surface area contributed by atoms with Crippen LogP contribution in [-0.4, -0.2) is 19.1 Å². The molecule has 5 unspecified atom stereocenters. The summed E-state index contributed by atoms with van der Waals surface area (Å²) < 4.78 is 0. The van der Waals surface area contributed by atoms with E-state index in [1.165, 1.54) is 0 Å². The molecule has 0 heterocycles. The molecule has 11 heavy (non-hydrogen) atoms. The van der Waals surface area contributed by atoms with Crippen LogP contribution in [0.1, 0.15) is 13.8 Å². The maximum Gasteiger partial charge on any atom is 0.0227 e. The molecule has 2 fully saturated rings. The molecular formula is C9H18N2. The van der Waals surface area contributed by atoms with Gasteiger partial charge in [-0.3, -0.25) is 0 Å². The largest absolute Gasteiger partial charge is 0.330 e. The van der Waals surface area contributed by atoms with Crippen LogP contribution in [0, 0.1) is 23.7 Å². The van der Waals surface area contributed by atoms with Gasteiger partial charge in [0.15, 0.2) is 0 Å². The van der Waals surface area contributed by atoms with Gasteiger partial charge in [0.05, 0.1) is 0 Å². The lowest BCUT2D eigenvalue weighted by Gasteiger charge is -2.46. The Balaban J connectivity index is 2.12. The van der Waals surface area contributed by atoms with Gasteiger partial charge in [-0.25, -0.2) is 0 Å². The van der Waals surface area contributed by atoms with Crippen molar-refractivity contribution in [3.63, 3.8) is 0 Å². The van der Waals surface area contributed by atoms with Gasteiger partial charge in [0.2, 0.25) is 0 Å². The highest BCUT2D eigenvalue weighted by Crippen LogP contribution is 2.69. The van der Waals surface area contributed by atoms with E-state index in [4.69, 9.17) is 5.73 Å². The van der Waals surface area contributed by atoms with Crippen LogP contribution >= 0.6 is 0 Å². The number of nitrogens with one attached hydrogen (secondary N) is 1. The smallest absolute Gasteiger partial charge is 0.0227 e. The summed E-state index contributed by atoms with van der Waals surface area (Å²) in [4.78, 5) is 0. The van der Waals surface area contributed by atoms with Crippen LogP contribution in [0.25, 0.3) is 0 Å². The van der Waals surface area contributed by atoms with E-state index < -0.39 is 0 Å². The van der Waals surface area contributed by atoms with Crippen molar-refractivity contribution >= 4 is 0 Å². The van der Waals surface area contributed by atoms with Gasteiger partial charge in [-0.05, 0) is 44.2 Å². The summed E-state index contributed by atoms with van der Waals surface area (Å²) in [7, 11) is 2.06. The zero-order valence-corrected chi connectivity index (χ0v) is 7.59. The lowest BCUT2D eigenvalue weighted by molar-refractivity contribution is 0.0984. The van der Waals surface area contributed by atoms with E-state index in [0.717, 1.165) is 30.2 Å². The first kappa shape index (κ1) is 7.56. The Labute approximate surface area is 68.5 Å². The highest BCUT2D eigenvalue weighted by atomic mass is 15.0. The molecule has 0 saturated heterocycles. The highest BCUT2D eigenvalue weighted by molar-refractivity contribution is 5.24. The molecule has 2 saturated carbocycles. The lowest BCUT2D eigenvalue weighted by Crippen LogP contribution is -2.59. The molecule has 0 aromatic rings. The Kier molecular flexibility index (Phi) is 1.37. The van der Waals surface area contributed by atoms with Gasteiger partial charge < -0.3 is 11.1 Å². The highest BCUT2D eigenvalue weighted by Gasteiger charge is 2.72. The van der Waals surface area contributed by atoms with Crippen LogP contribution in [0.5, 0.6) is 0 Å². The van der Waals surface area contributed by atoms with Gasteiger partial charge in [-0.2, -0.15) is 0 Å². The molecule has 64 valence electrons. The molecule has 2 nitrogen and oxygen atoms in total. The van der Waals surface area contributed by atoms with Crippen molar-refractivity contribution in [2.75, 3.05) is 13.6 Å². The second kappa shape index (κ2) is 1.99. The molecule has 0 radical (unpaired) electrons. The number of rotatable bonds is 2. The van der Waals surface area contributed by atoms with Gasteiger partial charge in [0, 0.05) is 5.54 Å². The van der Waals surface area contributed by atoms with E-state index in [1.54, 1.807) is 0 Å². The monoisotopic (exact) mass is 154 g/mol. The fraction of sp³-hybridized carbons (Fsp3) is 1.00. The molecule has 3 N–H and O–H groups in total. The first-order valence-corrected chi connectivity index (χ1v) is 4.55. The van der Waals surface area contributed by atoms with Crippen molar-refractivity contribution in [3.8, 4) is 0 Å². The standard InChI is InChI=1S/C9H18N2/c1-5-7-6(4-10)9(2,11-3)8(5)7/h5-8,11H,4,10H2,1-3H3. The van der Waals surface area contributed by atoms with E-state index in [-0.39, 0.29) is 0 Å². The summed E-state index contributed by atoms with van der Waals surface area (Å²) >= 11 is 0. The van der Waals surface area contributed by atoms with Crippen LogP contribution in [0.2, 0.25) is 0 Å². The van der Waals surface area contributed by atoms with Crippen LogP contribution in [-0.2, 0) is 0 Å². The van der Waals surface area contributed by atoms with E-state index in [1.807, 2.05) is 0 Å². The van der Waals surface area contributed by atoms with Crippen LogP contribution in [0.4, 0.5) is 0 Å². The summed E-state index contributed by atoms with van der Waals surface area (Å²) in [5.74, 6) is 3.51. The minimum absolute atomic E-state index is 0.360. The van der Waals surface area contributed by atoms with Crippen LogP contribution in [0.3, 0.4) is 0 Å². The third-order valence-electron chi connectivity index (χ3n) is 4.17. The van der Waals surface area contributed by atoms with Gasteiger partial charge >= 0.3 is 0 Å². The Hall–Kier alpha value is -0.0800. The molecule has 2 heteroatoms. The number of nitrogens with two attached hydrogens (primary N) is 1. The minimum atomic E-state index is 0.360. The molecule has 2 rings (SSSR count). The molecule has 0 bridgehead atoms. The summed E-state index contributed by atoms with van der Waals surface area (Å²) in [5, 5.41) is 3.42. The lowest BCUT2D eigenvalue weighted by atomic mass is 9.68. The average molecular weight is 154 g/mol. The molecule has 2 aliphatic rings. The minimum Gasteiger partial charge on any atom is -0.330 e. The maximum absolute atomic E-state index is 5.72. The summed E-state index contributed by atoms with van der Waals surface area (Å²) in [5.41, 5.74) is 6.08. The second-order valence-corrected chi connectivity index (χ2v) is 4.34. The summed E-state index contributed by atoms with van der Waals surface area (Å²) in [6, 6.07) is 0. The number of fused-ring (bicyclic) bond motifs is 1. The summed E-state index contributed by atoms with van der Waals surface area (Å²) in [6.07, 6.45) is 0. The van der Waals surface area contributed by atoms with E-state index in [2.05, 4.69) is 26.2 Å². The maximum atomic E-state index is 5.72. The zero-order chi connectivity index (χ0) is 8.22. The molecule has 5 atom stereocenters. The van der Waals surface area contributed by atoms with Crippen molar-refractivity contribution in [2.24, 2.45) is 29.4 Å². The Bertz CT molecular complexity index is 180. The van der Waals surface area contributed by atoms with E-state index in [0.29, 0.717) is 5.54 Å². The first-order valence-electron chi connectivity index (χ1n) is 4.55. The number of hydrogen-bond donors (Lipinski definition) is 2. The molecule has 0 aromatic heterocycles. The van der Waals surface area contributed by atoms with Gasteiger partial charge in [0.25, 0.3) is 0 Å². The van der Waals surface area contributed by atoms with Crippen molar-refractivity contribution in [1.29, 1.82) is 0 Å². The van der Waals surface area contributed by atoms with Gasteiger partial charge in [-0.15, -0.1) is 0 Å². The van der Waals surface area contributed by atoms with Crippen LogP contribution in [0.15, 0.2) is 0 Å². The molecule has 2 aliphatic carbocycles. The predicted octanol–water partition coefficient (Wildman–Crippen LogP) is 0.435. The van der Waals surface area contributed by atoms with Crippen molar-refractivity contribution in [2.45, 2.75) is 19.4 Å². The second-order valence-electron chi connectivity index (χ2n) is 4.34. The number of hydrogen-bond acceptors (Lipinski definition) is 2. The Morgan fingerprint density at radius 1 is 1.55 bits per heavy atom. The van der Waals surface area contributed by atoms with Gasteiger partial charge in [0.1, 0.15) is 0 Å². The Morgan fingerprint density at radius 3 is 2.55 bits per heavy atom. The summed E-state index contributed by atoms with van der Waals surface area (Å²) in [6.45, 7) is 5.51. The van der Waals surface area contributed by atoms with Crippen molar-refractivity contribution < 1.29 is 0 Å². The fourth-order valence-corrected chi connectivity index (χ4v) is 3.34. The first-order chi connectivity index (χ1) is 5.16. The molecule has 0 amide bonds. The molecule has 0 spiro atoms. The van der Waals surface area contributed by atoms with Crippen molar-refractivity contribution in [3.05, 3.63) is 0 Å². The SMILES string of the molecule is CNC1(C)C(CN)C2C(C)C21. The van der Waals surface area contributed by atoms with Crippen molar-refractivity contribution in [1.82, 2.24) is 5.32 Å². The molecular weight excluding hydrogens is 136 g/mol. The normalized spacial score (nSPS) is 60.0. The predicted molar refractivity (Wildman–Crippen MR) is 46.2 cm³/mol. The topological polar surface area (TPSA) is 38.0 Å². The molecule has 0 aromatic carbocycles. The third kappa shape index (κ3) is 0.651. The van der Waals surface area contributed by atoms with Gasteiger partial charge in [-0.1, -0.05) is 6.92 Å². The van der Waals surface area contributed by atoms with Crippen LogP contribution < -0.4 is 11.1 Å². The van der Waals surface area contributed by atoms with E-state index >= 15 is 0 Å². The zero-order valence-electron chi connectivity index (χ0n) is 7.59.